The zero-order valence-corrected chi connectivity index (χ0v) is 41.2. The van der Waals surface area contributed by atoms with Gasteiger partial charge >= 0.3 is 23.9 Å². The van der Waals surface area contributed by atoms with Gasteiger partial charge in [-0.15, -0.1) is 0 Å². The first-order valence-electron chi connectivity index (χ1n) is 22.9. The highest BCUT2D eigenvalue weighted by Gasteiger charge is 2.31. The lowest BCUT2D eigenvalue weighted by Crippen LogP contribution is -2.53. The molecule has 1 aromatic carbocycles. The second-order valence-corrected chi connectivity index (χ2v) is 20.4. The van der Waals surface area contributed by atoms with Gasteiger partial charge in [-0.05, 0) is 135 Å². The highest BCUT2D eigenvalue weighted by molar-refractivity contribution is 14.1. The third kappa shape index (κ3) is 28.6. The first kappa shape index (κ1) is 55.1. The van der Waals surface area contributed by atoms with E-state index >= 15 is 0 Å². The van der Waals surface area contributed by atoms with Crippen LogP contribution >= 0.6 is 22.6 Å². The third-order valence-electron chi connectivity index (χ3n) is 9.70. The molecule has 0 bridgehead atoms. The Morgan fingerprint density at radius 1 is 0.550 bits per heavy atom. The number of nitrogens with one attached hydrogen (secondary N) is 3. The maximum absolute atomic E-state index is 13.6. The molecule has 12 heteroatoms. The van der Waals surface area contributed by atoms with Gasteiger partial charge in [0.15, 0.2) is 0 Å². The van der Waals surface area contributed by atoms with Gasteiger partial charge in [0.25, 0.3) is 0 Å². The number of urea groups is 1. The Bertz CT molecular complexity index is 1400. The Morgan fingerprint density at radius 2 is 0.967 bits per heavy atom. The van der Waals surface area contributed by atoms with E-state index in [-0.39, 0.29) is 31.1 Å². The molecule has 0 aliphatic heterocycles. The quantitative estimate of drug-likeness (QED) is 0.0311. The fraction of sp³-hybridized carbons (Fsp3) is 0.771. The summed E-state index contributed by atoms with van der Waals surface area (Å²) < 4.78 is 17.6. The number of carbonyl (C=O) groups is 5. The minimum Gasteiger partial charge on any atom is -0.460 e. The molecule has 0 radical (unpaired) electrons. The van der Waals surface area contributed by atoms with Crippen molar-refractivity contribution in [3.05, 3.63) is 33.4 Å². The van der Waals surface area contributed by atoms with Crippen LogP contribution in [0.25, 0.3) is 0 Å². The van der Waals surface area contributed by atoms with Gasteiger partial charge < -0.3 is 30.2 Å². The van der Waals surface area contributed by atoms with Crippen LogP contribution in [0.15, 0.2) is 24.3 Å². The molecule has 344 valence electrons. The molecule has 60 heavy (non-hydrogen) atoms. The van der Waals surface area contributed by atoms with Gasteiger partial charge in [0, 0.05) is 16.5 Å². The smallest absolute Gasteiger partial charge is 0.329 e. The summed E-state index contributed by atoms with van der Waals surface area (Å²) >= 11 is 2.28. The second kappa shape index (κ2) is 29.4. The van der Waals surface area contributed by atoms with Crippen LogP contribution in [0.1, 0.15) is 209 Å². The minimum atomic E-state index is -1.17. The van der Waals surface area contributed by atoms with Gasteiger partial charge in [-0.2, -0.15) is 0 Å². The van der Waals surface area contributed by atoms with Crippen LogP contribution in [-0.2, 0) is 33.4 Å². The van der Waals surface area contributed by atoms with Gasteiger partial charge in [0.05, 0.1) is 5.92 Å². The molecule has 0 fully saturated rings. The molecule has 3 unspecified atom stereocenters. The Kier molecular flexibility index (Phi) is 27.0. The van der Waals surface area contributed by atoms with E-state index in [9.17, 15) is 24.0 Å². The number of benzene rings is 1. The van der Waals surface area contributed by atoms with Crippen LogP contribution in [0.3, 0.4) is 0 Å². The standard InChI is InChI=1S/C48H82IN3O8/c1-11-12-13-14-15-16-17-18-19-20-21-22-23-24-27-38(36-29-31-37(49)32-30-36)42(54)50-35-26-25-28-39(43(55)59-47(5,6)7)51-45(57)52-40(44(56)60-48(8,9)10)33-34-41(53)58-46(2,3)4/h29-32,38-40H,11-28,33-35H2,1-10H3,(H,50,54)(H2,51,52,57). The molecular formula is C48H82IN3O8. The molecule has 0 aliphatic rings. The molecule has 1 aromatic rings. The summed E-state index contributed by atoms with van der Waals surface area (Å²) in [6, 6.07) is 5.20. The van der Waals surface area contributed by atoms with Crippen LogP contribution in [0.5, 0.6) is 0 Å². The Morgan fingerprint density at radius 3 is 1.42 bits per heavy atom. The lowest BCUT2D eigenvalue weighted by molar-refractivity contribution is -0.159. The summed E-state index contributed by atoms with van der Waals surface area (Å²) in [5.74, 6) is -2.09. The van der Waals surface area contributed by atoms with E-state index in [0.717, 1.165) is 28.4 Å². The molecule has 0 heterocycles. The number of rotatable bonds is 29. The predicted octanol–water partition coefficient (Wildman–Crippen LogP) is 11.4. The maximum atomic E-state index is 13.6. The number of esters is 3. The van der Waals surface area contributed by atoms with Crippen molar-refractivity contribution >= 4 is 52.4 Å². The number of hydrogen-bond donors (Lipinski definition) is 3. The Hall–Kier alpha value is -2.90. The highest BCUT2D eigenvalue weighted by Crippen LogP contribution is 2.25. The first-order valence-corrected chi connectivity index (χ1v) is 24.0. The second-order valence-electron chi connectivity index (χ2n) is 19.2. The lowest BCUT2D eigenvalue weighted by atomic mass is 9.92. The van der Waals surface area contributed by atoms with Crippen LogP contribution in [-0.4, -0.2) is 65.3 Å². The lowest BCUT2D eigenvalue weighted by Gasteiger charge is -2.27. The van der Waals surface area contributed by atoms with Gasteiger partial charge in [0.1, 0.15) is 28.9 Å². The van der Waals surface area contributed by atoms with Crippen molar-refractivity contribution in [1.82, 2.24) is 16.0 Å². The number of unbranched alkanes of at least 4 members (excludes halogenated alkanes) is 14. The summed E-state index contributed by atoms with van der Waals surface area (Å²) in [6.45, 7) is 18.3. The molecule has 3 atom stereocenters. The van der Waals surface area contributed by atoms with Crippen LogP contribution in [0.4, 0.5) is 4.79 Å². The van der Waals surface area contributed by atoms with Gasteiger partial charge in [-0.25, -0.2) is 14.4 Å². The van der Waals surface area contributed by atoms with E-state index in [4.69, 9.17) is 14.2 Å². The van der Waals surface area contributed by atoms with Crippen molar-refractivity contribution in [2.45, 2.75) is 232 Å². The average molecular weight is 956 g/mol. The SMILES string of the molecule is CCCCCCCCCCCCCCCCC(C(=O)NCCCCC(NC(=O)NC(CCC(=O)OC(C)(C)C)C(=O)OC(C)(C)C)C(=O)OC(C)(C)C)c1ccc(I)cc1. The average Bonchev–Trinajstić information content (AvgIpc) is 3.12. The van der Waals surface area contributed by atoms with Crippen molar-refractivity contribution in [3.8, 4) is 0 Å². The highest BCUT2D eigenvalue weighted by atomic mass is 127. The summed E-state index contributed by atoms with van der Waals surface area (Å²) in [5.41, 5.74) is -1.33. The zero-order chi connectivity index (χ0) is 45.2. The Labute approximate surface area is 377 Å². The van der Waals surface area contributed by atoms with Gasteiger partial charge in [-0.3, -0.25) is 9.59 Å². The molecular weight excluding hydrogens is 873 g/mol. The fourth-order valence-corrected chi connectivity index (χ4v) is 7.11. The summed E-state index contributed by atoms with van der Waals surface area (Å²) in [7, 11) is 0. The molecule has 3 N–H and O–H groups in total. The number of amides is 3. The summed E-state index contributed by atoms with van der Waals surface area (Å²) in [5, 5.41) is 8.41. The number of ether oxygens (including phenoxy) is 3. The van der Waals surface area contributed by atoms with Crippen molar-refractivity contribution in [2.24, 2.45) is 0 Å². The van der Waals surface area contributed by atoms with E-state index < -0.39 is 52.8 Å². The summed E-state index contributed by atoms with van der Waals surface area (Å²) in [4.78, 5) is 65.7. The molecule has 11 nitrogen and oxygen atoms in total. The minimum absolute atomic E-state index is 0.00772. The van der Waals surface area contributed by atoms with Crippen molar-refractivity contribution in [1.29, 1.82) is 0 Å². The van der Waals surface area contributed by atoms with Gasteiger partial charge in [0.2, 0.25) is 5.91 Å². The van der Waals surface area contributed by atoms with E-state index in [2.05, 4.69) is 45.5 Å². The molecule has 0 saturated carbocycles. The zero-order valence-electron chi connectivity index (χ0n) is 39.0. The molecule has 1 rings (SSSR count). The monoisotopic (exact) mass is 956 g/mol. The third-order valence-corrected chi connectivity index (χ3v) is 10.4. The normalized spacial score (nSPS) is 13.4. The van der Waals surface area contributed by atoms with E-state index in [1.165, 1.54) is 77.0 Å². The maximum Gasteiger partial charge on any atom is 0.329 e. The molecule has 3 amide bonds. The van der Waals surface area contributed by atoms with Crippen LogP contribution in [0.2, 0.25) is 0 Å². The molecule has 0 spiro atoms. The topological polar surface area (TPSA) is 149 Å². The number of halogens is 1. The first-order chi connectivity index (χ1) is 28.1. The van der Waals surface area contributed by atoms with E-state index in [1.54, 1.807) is 62.3 Å². The van der Waals surface area contributed by atoms with Crippen molar-refractivity contribution < 1.29 is 38.2 Å². The molecule has 0 saturated heterocycles. The molecule has 0 aliphatic carbocycles. The number of hydrogen-bond acceptors (Lipinski definition) is 8. The molecule has 0 aromatic heterocycles. The van der Waals surface area contributed by atoms with Crippen molar-refractivity contribution in [2.75, 3.05) is 6.54 Å². The summed E-state index contributed by atoms with van der Waals surface area (Å²) in [6.07, 6.45) is 19.9. The Balaban J connectivity index is 2.76. The van der Waals surface area contributed by atoms with E-state index in [1.807, 2.05) is 24.3 Å². The van der Waals surface area contributed by atoms with Crippen LogP contribution < -0.4 is 16.0 Å². The number of carbonyl (C=O) groups excluding carboxylic acids is 5. The fourth-order valence-electron chi connectivity index (χ4n) is 6.75. The van der Waals surface area contributed by atoms with Crippen molar-refractivity contribution in [3.63, 3.8) is 0 Å². The van der Waals surface area contributed by atoms with Crippen LogP contribution in [0, 0.1) is 3.57 Å². The largest absolute Gasteiger partial charge is 0.460 e. The predicted molar refractivity (Wildman–Crippen MR) is 250 cm³/mol. The van der Waals surface area contributed by atoms with Gasteiger partial charge in [-0.1, -0.05) is 109 Å². The van der Waals surface area contributed by atoms with E-state index in [0.29, 0.717) is 19.4 Å².